The quantitative estimate of drug-likeness (QED) is 0.516. The second-order valence-electron chi connectivity index (χ2n) is 4.81. The van der Waals surface area contributed by atoms with Crippen molar-refractivity contribution in [3.05, 3.63) is 0 Å². The lowest BCUT2D eigenvalue weighted by Gasteiger charge is -2.31. The number of rotatable bonds is 4. The second kappa shape index (κ2) is 3.86. The van der Waals surface area contributed by atoms with Crippen LogP contribution in [-0.2, 0) is 0 Å². The molecule has 0 rings (SSSR count). The van der Waals surface area contributed by atoms with Gasteiger partial charge >= 0.3 is 0 Å². The Morgan fingerprint density at radius 1 is 1.27 bits per heavy atom. The Morgan fingerprint density at radius 3 is 2.00 bits per heavy atom. The zero-order valence-corrected chi connectivity index (χ0v) is 9.22. The van der Waals surface area contributed by atoms with E-state index >= 15 is 0 Å². The second-order valence-corrected chi connectivity index (χ2v) is 6.54. The molecule has 0 bridgehead atoms. The van der Waals surface area contributed by atoms with Gasteiger partial charge < -0.3 is 5.73 Å². The molecule has 0 heterocycles. The van der Waals surface area contributed by atoms with Crippen LogP contribution in [0, 0.1) is 0 Å². The van der Waals surface area contributed by atoms with E-state index in [1.54, 1.807) is 0 Å². The third-order valence-corrected chi connectivity index (χ3v) is 2.52. The standard InChI is InChI=1S/C8H20BNS/c1-7(2,9)5-8(3,4)11-6-10/h5-6,9-10H2,1-4H3. The molecule has 0 unspecified atom stereocenters. The Morgan fingerprint density at radius 2 is 1.73 bits per heavy atom. The lowest BCUT2D eigenvalue weighted by atomic mass is 9.67. The van der Waals surface area contributed by atoms with E-state index in [1.807, 2.05) is 11.8 Å². The van der Waals surface area contributed by atoms with Crippen molar-refractivity contribution in [3.8, 4) is 0 Å². The minimum Gasteiger partial charge on any atom is -0.322 e. The van der Waals surface area contributed by atoms with Crippen LogP contribution in [0.2, 0.25) is 5.31 Å². The molecule has 0 aromatic heterocycles. The average Bonchev–Trinajstić information content (AvgIpc) is 1.55. The van der Waals surface area contributed by atoms with Crippen molar-refractivity contribution in [2.45, 2.75) is 44.2 Å². The van der Waals surface area contributed by atoms with Gasteiger partial charge in [-0.2, -0.15) is 0 Å². The van der Waals surface area contributed by atoms with E-state index in [0.29, 0.717) is 10.1 Å². The molecule has 0 aromatic rings. The Balaban J connectivity index is 3.91. The van der Waals surface area contributed by atoms with Gasteiger partial charge in [0.25, 0.3) is 0 Å². The number of nitrogens with two attached hydrogens (primary N) is 1. The van der Waals surface area contributed by atoms with Crippen LogP contribution >= 0.6 is 11.8 Å². The molecule has 2 N–H and O–H groups in total. The predicted octanol–water partition coefficient (Wildman–Crippen LogP) is 1.64. The first-order valence-corrected chi connectivity index (χ1v) is 5.09. The van der Waals surface area contributed by atoms with Crippen molar-refractivity contribution in [2.24, 2.45) is 5.73 Å². The summed E-state index contributed by atoms with van der Waals surface area (Å²) < 4.78 is 0.326. The molecule has 0 spiro atoms. The molecular formula is C8H20BNS. The van der Waals surface area contributed by atoms with E-state index < -0.39 is 0 Å². The smallest absolute Gasteiger partial charge is 0.108 e. The fourth-order valence-corrected chi connectivity index (χ4v) is 2.54. The molecule has 66 valence electrons. The van der Waals surface area contributed by atoms with Crippen LogP contribution < -0.4 is 5.73 Å². The highest BCUT2D eigenvalue weighted by atomic mass is 32.2. The third kappa shape index (κ3) is 6.76. The van der Waals surface area contributed by atoms with Crippen molar-refractivity contribution < 1.29 is 0 Å². The molecule has 0 aliphatic carbocycles. The zero-order valence-electron chi connectivity index (χ0n) is 8.40. The van der Waals surface area contributed by atoms with Crippen LogP contribution in [0.5, 0.6) is 0 Å². The normalized spacial score (nSPS) is 13.5. The Hall–Kier alpha value is 0.375. The maximum absolute atomic E-state index is 5.50. The molecule has 3 heteroatoms. The van der Waals surface area contributed by atoms with Crippen molar-refractivity contribution in [3.63, 3.8) is 0 Å². The third-order valence-electron chi connectivity index (χ3n) is 1.43. The maximum atomic E-state index is 5.50. The summed E-state index contributed by atoms with van der Waals surface area (Å²) in [5.74, 6) is 0.725. The van der Waals surface area contributed by atoms with E-state index in [-0.39, 0.29) is 0 Å². The van der Waals surface area contributed by atoms with Crippen molar-refractivity contribution >= 4 is 19.6 Å². The van der Waals surface area contributed by atoms with Gasteiger partial charge in [-0.25, -0.2) is 0 Å². The van der Waals surface area contributed by atoms with E-state index in [0.717, 1.165) is 5.88 Å². The summed E-state index contributed by atoms with van der Waals surface area (Å²) in [7, 11) is 2.27. The molecule has 0 atom stereocenters. The molecule has 0 saturated carbocycles. The van der Waals surface area contributed by atoms with Crippen LogP contribution in [0.1, 0.15) is 34.1 Å². The van der Waals surface area contributed by atoms with Gasteiger partial charge in [0.2, 0.25) is 0 Å². The molecule has 0 aliphatic heterocycles. The molecule has 0 aliphatic rings. The van der Waals surface area contributed by atoms with Gasteiger partial charge in [0.15, 0.2) is 0 Å². The topological polar surface area (TPSA) is 26.0 Å². The molecule has 1 nitrogen and oxygen atoms in total. The van der Waals surface area contributed by atoms with E-state index in [4.69, 9.17) is 5.73 Å². The minimum atomic E-state index is 0.326. The Bertz CT molecular complexity index is 118. The number of hydrogen-bond donors (Lipinski definition) is 1. The van der Waals surface area contributed by atoms with Gasteiger partial charge in [-0.3, -0.25) is 0 Å². The fourth-order valence-electron chi connectivity index (χ4n) is 1.55. The fraction of sp³-hybridized carbons (Fsp3) is 1.00. The van der Waals surface area contributed by atoms with Crippen LogP contribution in [0.3, 0.4) is 0 Å². The van der Waals surface area contributed by atoms with Gasteiger partial charge in [0, 0.05) is 10.6 Å². The van der Waals surface area contributed by atoms with Crippen LogP contribution in [0.25, 0.3) is 0 Å². The highest BCUT2D eigenvalue weighted by Crippen LogP contribution is 2.38. The lowest BCUT2D eigenvalue weighted by Crippen LogP contribution is -2.23. The van der Waals surface area contributed by atoms with E-state index in [2.05, 4.69) is 35.5 Å². The molecule has 0 radical (unpaired) electrons. The number of hydrogen-bond acceptors (Lipinski definition) is 2. The first kappa shape index (κ1) is 11.4. The minimum absolute atomic E-state index is 0.326. The summed E-state index contributed by atoms with van der Waals surface area (Å²) in [4.78, 5) is 0. The van der Waals surface area contributed by atoms with Gasteiger partial charge in [0.05, 0.1) is 0 Å². The highest BCUT2D eigenvalue weighted by Gasteiger charge is 2.24. The summed E-state index contributed by atoms with van der Waals surface area (Å²) in [6.45, 7) is 9.06. The van der Waals surface area contributed by atoms with E-state index in [9.17, 15) is 0 Å². The summed E-state index contributed by atoms with van der Waals surface area (Å²) in [5, 5.41) is 0.408. The maximum Gasteiger partial charge on any atom is 0.108 e. The number of thioether (sulfide) groups is 1. The molecule has 0 fully saturated rings. The van der Waals surface area contributed by atoms with Gasteiger partial charge in [-0.15, -0.1) is 11.8 Å². The first-order chi connectivity index (χ1) is 4.77. The molecule has 0 aromatic carbocycles. The van der Waals surface area contributed by atoms with Crippen LogP contribution in [0.15, 0.2) is 0 Å². The SMILES string of the molecule is BC(C)(C)CC(C)(C)SCN. The summed E-state index contributed by atoms with van der Waals surface area (Å²) >= 11 is 1.84. The van der Waals surface area contributed by atoms with Crippen molar-refractivity contribution in [2.75, 3.05) is 5.88 Å². The molecule has 0 saturated heterocycles. The van der Waals surface area contributed by atoms with Gasteiger partial charge in [0.1, 0.15) is 7.85 Å². The lowest BCUT2D eigenvalue weighted by molar-refractivity contribution is 0.522. The monoisotopic (exact) mass is 173 g/mol. The van der Waals surface area contributed by atoms with Crippen molar-refractivity contribution in [1.82, 2.24) is 0 Å². The largest absolute Gasteiger partial charge is 0.322 e. The Labute approximate surface area is 75.9 Å². The summed E-state index contributed by atoms with van der Waals surface area (Å²) in [6.07, 6.45) is 1.21. The molecule has 11 heavy (non-hydrogen) atoms. The highest BCUT2D eigenvalue weighted by molar-refractivity contribution is 8.00. The van der Waals surface area contributed by atoms with Gasteiger partial charge in [-0.1, -0.05) is 33.0 Å². The Kier molecular flexibility index (Phi) is 3.99. The molecule has 0 amide bonds. The zero-order chi connectivity index (χ0) is 9.12. The predicted molar refractivity (Wildman–Crippen MR) is 57.9 cm³/mol. The molecular weight excluding hydrogens is 153 g/mol. The first-order valence-electron chi connectivity index (χ1n) is 4.11. The summed E-state index contributed by atoms with van der Waals surface area (Å²) in [5.41, 5.74) is 5.50. The van der Waals surface area contributed by atoms with E-state index in [1.165, 1.54) is 6.42 Å². The van der Waals surface area contributed by atoms with Crippen LogP contribution in [0.4, 0.5) is 0 Å². The summed E-state index contributed by atoms with van der Waals surface area (Å²) in [6, 6.07) is 0. The van der Waals surface area contributed by atoms with Crippen molar-refractivity contribution in [1.29, 1.82) is 0 Å². The average molecular weight is 173 g/mol. The van der Waals surface area contributed by atoms with Crippen LogP contribution in [-0.4, -0.2) is 18.5 Å². The van der Waals surface area contributed by atoms with Gasteiger partial charge in [-0.05, 0) is 6.42 Å².